The molecule has 1 atom stereocenters. The van der Waals surface area contributed by atoms with Gasteiger partial charge in [-0.05, 0) is 11.4 Å². The Kier molecular flexibility index (Phi) is 4.93. The average molecular weight is 280 g/mol. The molecule has 1 aliphatic rings. The standard InChI is InChI=1S/C13H16N2O3S/c14-13(17)11-9-18-6-4-15(11)8-12-10(2-1-5-16)3-7-19-12/h3,7,11,16H,4-6,8-9H2,(H2,14,17). The number of aliphatic hydroxyl groups excluding tert-OH is 1. The van der Waals surface area contributed by atoms with E-state index in [2.05, 4.69) is 11.8 Å². The van der Waals surface area contributed by atoms with Crippen molar-refractivity contribution in [3.8, 4) is 11.8 Å². The van der Waals surface area contributed by atoms with Crippen LogP contribution in [-0.4, -0.2) is 48.3 Å². The molecule has 0 spiro atoms. The third-order valence-corrected chi connectivity index (χ3v) is 3.87. The average Bonchev–Trinajstić information content (AvgIpc) is 2.84. The molecule has 19 heavy (non-hydrogen) atoms. The van der Waals surface area contributed by atoms with Gasteiger partial charge in [-0.15, -0.1) is 11.3 Å². The zero-order valence-corrected chi connectivity index (χ0v) is 11.3. The minimum Gasteiger partial charge on any atom is -0.384 e. The summed E-state index contributed by atoms with van der Waals surface area (Å²) in [5.41, 5.74) is 6.28. The zero-order valence-electron chi connectivity index (χ0n) is 10.5. The lowest BCUT2D eigenvalue weighted by Crippen LogP contribution is -2.51. The Labute approximate surface area is 116 Å². The van der Waals surface area contributed by atoms with Gasteiger partial charge >= 0.3 is 0 Å². The lowest BCUT2D eigenvalue weighted by molar-refractivity contribution is -0.129. The van der Waals surface area contributed by atoms with Crippen molar-refractivity contribution >= 4 is 17.2 Å². The molecular formula is C13H16N2O3S. The number of nitrogens with zero attached hydrogens (tertiary/aromatic N) is 1. The van der Waals surface area contributed by atoms with Crippen molar-refractivity contribution < 1.29 is 14.6 Å². The summed E-state index contributed by atoms with van der Waals surface area (Å²) in [4.78, 5) is 14.5. The molecule has 0 saturated carbocycles. The number of nitrogens with two attached hydrogens (primary N) is 1. The van der Waals surface area contributed by atoms with E-state index >= 15 is 0 Å². The summed E-state index contributed by atoms with van der Waals surface area (Å²) in [6, 6.07) is 1.54. The minimum atomic E-state index is -0.380. The van der Waals surface area contributed by atoms with Gasteiger partial charge in [-0.1, -0.05) is 11.8 Å². The smallest absolute Gasteiger partial charge is 0.237 e. The fourth-order valence-corrected chi connectivity index (χ4v) is 2.84. The number of amides is 1. The molecule has 2 heterocycles. The van der Waals surface area contributed by atoms with E-state index < -0.39 is 0 Å². The second-order valence-electron chi connectivity index (χ2n) is 4.18. The van der Waals surface area contributed by atoms with E-state index in [1.54, 1.807) is 11.3 Å². The largest absolute Gasteiger partial charge is 0.384 e. The van der Waals surface area contributed by atoms with Crippen molar-refractivity contribution in [3.63, 3.8) is 0 Å². The lowest BCUT2D eigenvalue weighted by Gasteiger charge is -2.33. The maximum atomic E-state index is 11.4. The predicted octanol–water partition coefficient (Wildman–Crippen LogP) is -0.222. The summed E-state index contributed by atoms with van der Waals surface area (Å²) in [7, 11) is 0. The van der Waals surface area contributed by atoms with E-state index in [-0.39, 0.29) is 18.6 Å². The molecule has 0 radical (unpaired) electrons. The van der Waals surface area contributed by atoms with Gasteiger partial charge in [-0.2, -0.15) is 0 Å². The Morgan fingerprint density at radius 1 is 1.68 bits per heavy atom. The summed E-state index contributed by atoms with van der Waals surface area (Å²) >= 11 is 1.59. The van der Waals surface area contributed by atoms with Crippen LogP contribution in [0.1, 0.15) is 10.4 Å². The van der Waals surface area contributed by atoms with Gasteiger partial charge in [0.1, 0.15) is 12.6 Å². The van der Waals surface area contributed by atoms with Crippen LogP contribution in [-0.2, 0) is 16.1 Å². The van der Waals surface area contributed by atoms with Crippen molar-refractivity contribution in [1.29, 1.82) is 0 Å². The highest BCUT2D eigenvalue weighted by molar-refractivity contribution is 7.10. The number of carbonyl (C=O) groups is 1. The van der Waals surface area contributed by atoms with Gasteiger partial charge in [-0.25, -0.2) is 0 Å². The van der Waals surface area contributed by atoms with Crippen LogP contribution in [0, 0.1) is 11.8 Å². The van der Waals surface area contributed by atoms with Gasteiger partial charge < -0.3 is 15.6 Å². The molecule has 0 aliphatic carbocycles. The van der Waals surface area contributed by atoms with Crippen molar-refractivity contribution in [3.05, 3.63) is 21.9 Å². The molecular weight excluding hydrogens is 264 g/mol. The van der Waals surface area contributed by atoms with Gasteiger partial charge in [0, 0.05) is 23.5 Å². The van der Waals surface area contributed by atoms with Crippen LogP contribution in [0.3, 0.4) is 0 Å². The molecule has 102 valence electrons. The van der Waals surface area contributed by atoms with E-state index in [1.165, 1.54) is 0 Å². The third-order valence-electron chi connectivity index (χ3n) is 2.96. The van der Waals surface area contributed by atoms with Crippen LogP contribution in [0.25, 0.3) is 0 Å². The first kappa shape index (κ1) is 14.0. The number of carbonyl (C=O) groups excluding carboxylic acids is 1. The minimum absolute atomic E-state index is 0.156. The highest BCUT2D eigenvalue weighted by atomic mass is 32.1. The monoisotopic (exact) mass is 280 g/mol. The Morgan fingerprint density at radius 2 is 2.53 bits per heavy atom. The molecule has 0 bridgehead atoms. The Bertz CT molecular complexity index is 503. The molecule has 1 fully saturated rings. The van der Waals surface area contributed by atoms with Crippen LogP contribution in [0.15, 0.2) is 11.4 Å². The highest BCUT2D eigenvalue weighted by Gasteiger charge is 2.28. The van der Waals surface area contributed by atoms with Crippen LogP contribution in [0.2, 0.25) is 0 Å². The maximum Gasteiger partial charge on any atom is 0.237 e. The van der Waals surface area contributed by atoms with Crippen LogP contribution < -0.4 is 5.73 Å². The molecule has 6 heteroatoms. The lowest BCUT2D eigenvalue weighted by atomic mass is 10.2. The number of morpholine rings is 1. The normalized spacial score (nSPS) is 19.7. The molecule has 1 unspecified atom stereocenters. The molecule has 2 rings (SSSR count). The first-order valence-corrected chi connectivity index (χ1v) is 6.87. The number of ether oxygens (including phenoxy) is 1. The van der Waals surface area contributed by atoms with E-state index in [0.29, 0.717) is 26.3 Å². The van der Waals surface area contributed by atoms with Crippen molar-refractivity contribution in [1.82, 2.24) is 4.90 Å². The van der Waals surface area contributed by atoms with E-state index in [4.69, 9.17) is 15.6 Å². The number of rotatable bonds is 3. The van der Waals surface area contributed by atoms with Crippen molar-refractivity contribution in [2.45, 2.75) is 12.6 Å². The van der Waals surface area contributed by atoms with Gasteiger partial charge in [0.2, 0.25) is 5.91 Å². The number of aliphatic hydroxyl groups is 1. The molecule has 1 aromatic rings. The third kappa shape index (κ3) is 3.55. The van der Waals surface area contributed by atoms with E-state index in [9.17, 15) is 4.79 Å². The summed E-state index contributed by atoms with van der Waals surface area (Å²) in [5, 5.41) is 10.7. The fourth-order valence-electron chi connectivity index (χ4n) is 1.98. The molecule has 0 aromatic carbocycles. The Hall–Kier alpha value is -1.39. The Morgan fingerprint density at radius 3 is 3.26 bits per heavy atom. The SMILES string of the molecule is NC(=O)C1COCCN1Cc1sccc1C#CCO. The predicted molar refractivity (Wildman–Crippen MR) is 72.5 cm³/mol. The van der Waals surface area contributed by atoms with E-state index in [1.807, 2.05) is 16.3 Å². The van der Waals surface area contributed by atoms with Crippen LogP contribution in [0.5, 0.6) is 0 Å². The second-order valence-corrected chi connectivity index (χ2v) is 5.18. The summed E-state index contributed by atoms with van der Waals surface area (Å²) in [5.74, 6) is 5.19. The quantitative estimate of drug-likeness (QED) is 0.751. The summed E-state index contributed by atoms with van der Waals surface area (Å²) in [6.45, 7) is 2.10. The second kappa shape index (κ2) is 6.68. The maximum absolute atomic E-state index is 11.4. The van der Waals surface area contributed by atoms with Gasteiger partial charge in [0.15, 0.2) is 0 Å². The van der Waals surface area contributed by atoms with Gasteiger partial charge in [-0.3, -0.25) is 9.69 Å². The summed E-state index contributed by atoms with van der Waals surface area (Å²) < 4.78 is 5.29. The first-order chi connectivity index (χ1) is 9.22. The zero-order chi connectivity index (χ0) is 13.7. The van der Waals surface area contributed by atoms with Gasteiger partial charge in [0.25, 0.3) is 0 Å². The fraction of sp³-hybridized carbons (Fsp3) is 0.462. The molecule has 1 amide bonds. The number of hydrogen-bond acceptors (Lipinski definition) is 5. The number of primary amides is 1. The van der Waals surface area contributed by atoms with E-state index in [0.717, 1.165) is 10.4 Å². The van der Waals surface area contributed by atoms with Crippen LogP contribution >= 0.6 is 11.3 Å². The topological polar surface area (TPSA) is 75.8 Å². The molecule has 3 N–H and O–H groups in total. The number of thiophene rings is 1. The van der Waals surface area contributed by atoms with Crippen LogP contribution in [0.4, 0.5) is 0 Å². The highest BCUT2D eigenvalue weighted by Crippen LogP contribution is 2.20. The van der Waals surface area contributed by atoms with Crippen molar-refractivity contribution in [2.24, 2.45) is 5.73 Å². The molecule has 1 aliphatic heterocycles. The molecule has 1 saturated heterocycles. The number of hydrogen-bond donors (Lipinski definition) is 2. The molecule has 5 nitrogen and oxygen atoms in total. The van der Waals surface area contributed by atoms with Gasteiger partial charge in [0.05, 0.1) is 13.2 Å². The summed E-state index contributed by atoms with van der Waals surface area (Å²) in [6.07, 6.45) is 0. The molecule has 1 aromatic heterocycles. The first-order valence-electron chi connectivity index (χ1n) is 5.99. The van der Waals surface area contributed by atoms with Crippen molar-refractivity contribution in [2.75, 3.05) is 26.4 Å². The Balaban J connectivity index is 2.11.